The van der Waals surface area contributed by atoms with Crippen molar-refractivity contribution in [3.63, 3.8) is 0 Å². The lowest BCUT2D eigenvalue weighted by molar-refractivity contribution is -0.137. The van der Waals surface area contributed by atoms with Crippen molar-refractivity contribution >= 4 is 27.3 Å². The fourth-order valence-electron chi connectivity index (χ4n) is 2.27. The molecule has 1 aromatic heterocycles. The van der Waals surface area contributed by atoms with Gasteiger partial charge in [-0.1, -0.05) is 23.7 Å². The van der Waals surface area contributed by atoms with Crippen LogP contribution in [-0.4, -0.2) is 23.6 Å². The van der Waals surface area contributed by atoms with Gasteiger partial charge in [0.1, 0.15) is 4.90 Å². The highest BCUT2D eigenvalue weighted by molar-refractivity contribution is 7.92. The first kappa shape index (κ1) is 19.0. The summed E-state index contributed by atoms with van der Waals surface area (Å²) < 4.78 is 66.6. The standard InChI is InChI=1S/C15H10ClF3N4O3S/c16-11-3-1-2-4-12(11)27(25,26)23-10-6-8(13-20-14(24)22-21-13)5-9(7-10)15(17,18)19/h1-7,23H,(H2,20,21,22,24). The Balaban J connectivity index is 2.10. The molecule has 12 heteroatoms. The van der Waals surface area contributed by atoms with Gasteiger partial charge in [0, 0.05) is 5.56 Å². The van der Waals surface area contributed by atoms with Crippen molar-refractivity contribution in [2.75, 3.05) is 4.72 Å². The van der Waals surface area contributed by atoms with Crippen LogP contribution in [0.1, 0.15) is 5.56 Å². The number of nitrogens with one attached hydrogen (secondary N) is 3. The van der Waals surface area contributed by atoms with Gasteiger partial charge in [-0.3, -0.25) is 9.71 Å². The van der Waals surface area contributed by atoms with Crippen LogP contribution < -0.4 is 10.4 Å². The molecule has 0 aliphatic rings. The van der Waals surface area contributed by atoms with Crippen LogP contribution in [0, 0.1) is 0 Å². The number of nitrogens with zero attached hydrogens (tertiary/aromatic N) is 1. The van der Waals surface area contributed by atoms with Gasteiger partial charge in [-0.15, -0.1) is 0 Å². The predicted molar refractivity (Wildman–Crippen MR) is 91.9 cm³/mol. The Morgan fingerprint density at radius 3 is 2.41 bits per heavy atom. The van der Waals surface area contributed by atoms with E-state index in [4.69, 9.17) is 11.6 Å². The summed E-state index contributed by atoms with van der Waals surface area (Å²) in [5, 5.41) is 5.50. The zero-order valence-electron chi connectivity index (χ0n) is 13.1. The summed E-state index contributed by atoms with van der Waals surface area (Å²) in [5.74, 6) is -0.177. The minimum absolute atomic E-state index is 0.0890. The van der Waals surface area contributed by atoms with E-state index in [1.165, 1.54) is 24.3 Å². The molecule has 0 saturated carbocycles. The van der Waals surface area contributed by atoms with Crippen molar-refractivity contribution in [3.05, 3.63) is 63.5 Å². The molecule has 3 rings (SSSR count). The lowest BCUT2D eigenvalue weighted by atomic mass is 10.1. The number of rotatable bonds is 4. The van der Waals surface area contributed by atoms with E-state index >= 15 is 0 Å². The Morgan fingerprint density at radius 1 is 1.11 bits per heavy atom. The number of hydrogen-bond acceptors (Lipinski definition) is 4. The Hall–Kier alpha value is -2.79. The Kier molecular flexibility index (Phi) is 4.74. The largest absolute Gasteiger partial charge is 0.416 e. The molecule has 0 saturated heterocycles. The van der Waals surface area contributed by atoms with Crippen LogP contribution in [0.2, 0.25) is 5.02 Å². The highest BCUT2D eigenvalue weighted by atomic mass is 35.5. The van der Waals surface area contributed by atoms with E-state index in [0.29, 0.717) is 6.07 Å². The Bertz CT molecular complexity index is 1160. The van der Waals surface area contributed by atoms with Crippen molar-refractivity contribution in [3.8, 4) is 11.4 Å². The van der Waals surface area contributed by atoms with E-state index in [-0.39, 0.29) is 27.0 Å². The molecule has 0 fully saturated rings. The van der Waals surface area contributed by atoms with Gasteiger partial charge in [0.05, 0.1) is 16.3 Å². The van der Waals surface area contributed by atoms with Crippen LogP contribution in [0.4, 0.5) is 18.9 Å². The quantitative estimate of drug-likeness (QED) is 0.604. The molecule has 0 aliphatic heterocycles. The summed E-state index contributed by atoms with van der Waals surface area (Å²) in [4.78, 5) is 13.1. The van der Waals surface area contributed by atoms with Gasteiger partial charge in [0.25, 0.3) is 10.0 Å². The van der Waals surface area contributed by atoms with Crippen molar-refractivity contribution < 1.29 is 21.6 Å². The minimum Gasteiger partial charge on any atom is -0.289 e. The van der Waals surface area contributed by atoms with Gasteiger partial charge in [0.2, 0.25) is 0 Å². The van der Waals surface area contributed by atoms with E-state index in [2.05, 4.69) is 14.8 Å². The molecule has 7 nitrogen and oxygen atoms in total. The van der Waals surface area contributed by atoms with Crippen molar-refractivity contribution in [1.29, 1.82) is 0 Å². The van der Waals surface area contributed by atoms with Crippen molar-refractivity contribution in [2.24, 2.45) is 0 Å². The molecule has 0 radical (unpaired) electrons. The molecular weight excluding hydrogens is 409 g/mol. The number of aromatic nitrogens is 3. The molecule has 0 bridgehead atoms. The summed E-state index contributed by atoms with van der Waals surface area (Å²) in [7, 11) is -4.25. The average Bonchev–Trinajstić information content (AvgIpc) is 3.00. The molecule has 27 heavy (non-hydrogen) atoms. The fraction of sp³-hybridized carbons (Fsp3) is 0.0667. The highest BCUT2D eigenvalue weighted by Gasteiger charge is 2.32. The highest BCUT2D eigenvalue weighted by Crippen LogP contribution is 2.35. The third-order valence-corrected chi connectivity index (χ3v) is 5.29. The fourth-order valence-corrected chi connectivity index (χ4v) is 3.83. The number of hydrogen-bond donors (Lipinski definition) is 3. The monoisotopic (exact) mass is 418 g/mol. The SMILES string of the molecule is O=c1[nH]nc(-c2cc(NS(=O)(=O)c3ccccc3Cl)cc(C(F)(F)F)c2)[nH]1. The topological polar surface area (TPSA) is 108 Å². The smallest absolute Gasteiger partial charge is 0.289 e. The van der Waals surface area contributed by atoms with Crippen molar-refractivity contribution in [2.45, 2.75) is 11.1 Å². The van der Waals surface area contributed by atoms with Gasteiger partial charge in [-0.25, -0.2) is 18.3 Å². The van der Waals surface area contributed by atoms with Crippen molar-refractivity contribution in [1.82, 2.24) is 15.2 Å². The molecular formula is C15H10ClF3N4O3S. The Labute approximate surface area is 155 Å². The third-order valence-electron chi connectivity index (χ3n) is 3.41. The first-order valence-corrected chi connectivity index (χ1v) is 9.07. The first-order valence-electron chi connectivity index (χ1n) is 7.21. The number of sulfonamides is 1. The molecule has 0 atom stereocenters. The van der Waals surface area contributed by atoms with E-state index in [1.54, 1.807) is 0 Å². The summed E-state index contributed by atoms with van der Waals surface area (Å²) >= 11 is 5.86. The predicted octanol–water partition coefficient (Wildman–Crippen LogP) is 3.24. The summed E-state index contributed by atoms with van der Waals surface area (Å²) in [6.07, 6.45) is -4.75. The van der Waals surface area contributed by atoms with E-state index < -0.39 is 27.5 Å². The lowest BCUT2D eigenvalue weighted by Crippen LogP contribution is -2.15. The van der Waals surface area contributed by atoms with Crippen LogP contribution >= 0.6 is 11.6 Å². The maximum absolute atomic E-state index is 13.2. The number of H-pyrrole nitrogens is 2. The van der Waals surface area contributed by atoms with Gasteiger partial charge >= 0.3 is 11.9 Å². The van der Waals surface area contributed by atoms with Gasteiger partial charge < -0.3 is 0 Å². The van der Waals surface area contributed by atoms with Crippen LogP contribution in [0.3, 0.4) is 0 Å². The maximum atomic E-state index is 13.2. The normalized spacial score (nSPS) is 12.1. The molecule has 2 aromatic carbocycles. The summed E-state index contributed by atoms with van der Waals surface area (Å²) in [6, 6.07) is 7.95. The van der Waals surface area contributed by atoms with Crippen LogP contribution in [-0.2, 0) is 16.2 Å². The second-order valence-corrected chi connectivity index (χ2v) is 7.42. The Morgan fingerprint density at radius 2 is 1.81 bits per heavy atom. The second kappa shape index (κ2) is 6.74. The number of aromatic amines is 2. The number of anilines is 1. The zero-order chi connectivity index (χ0) is 19.8. The van der Waals surface area contributed by atoms with Gasteiger partial charge in [0.15, 0.2) is 5.82 Å². The maximum Gasteiger partial charge on any atom is 0.416 e. The molecule has 0 unspecified atom stereocenters. The lowest BCUT2D eigenvalue weighted by Gasteiger charge is -2.13. The minimum atomic E-state index is -4.75. The van der Waals surface area contributed by atoms with E-state index in [0.717, 1.165) is 12.1 Å². The molecule has 3 N–H and O–H groups in total. The van der Waals surface area contributed by atoms with Crippen LogP contribution in [0.15, 0.2) is 52.2 Å². The van der Waals surface area contributed by atoms with E-state index in [9.17, 15) is 26.4 Å². The van der Waals surface area contributed by atoms with Crippen LogP contribution in [0.25, 0.3) is 11.4 Å². The van der Waals surface area contributed by atoms with E-state index in [1.807, 2.05) is 5.10 Å². The second-order valence-electron chi connectivity index (χ2n) is 5.36. The van der Waals surface area contributed by atoms with Crippen LogP contribution in [0.5, 0.6) is 0 Å². The molecule has 0 aliphatic carbocycles. The first-order chi connectivity index (χ1) is 12.6. The molecule has 1 heterocycles. The van der Waals surface area contributed by atoms with Gasteiger partial charge in [-0.05, 0) is 30.3 Å². The third kappa shape index (κ3) is 4.14. The van der Waals surface area contributed by atoms with Gasteiger partial charge in [-0.2, -0.15) is 18.3 Å². The molecule has 142 valence electrons. The zero-order valence-corrected chi connectivity index (χ0v) is 14.7. The molecule has 0 spiro atoms. The summed E-state index contributed by atoms with van der Waals surface area (Å²) in [5.41, 5.74) is -2.36. The number of benzene rings is 2. The molecule has 3 aromatic rings. The molecule has 0 amide bonds. The summed E-state index contributed by atoms with van der Waals surface area (Å²) in [6.45, 7) is 0. The number of halogens is 4. The average molecular weight is 419 g/mol. The number of alkyl halides is 3.